The van der Waals surface area contributed by atoms with Crippen molar-refractivity contribution in [2.75, 3.05) is 18.2 Å². The van der Waals surface area contributed by atoms with E-state index in [1.165, 1.54) is 43.0 Å². The van der Waals surface area contributed by atoms with Gasteiger partial charge in [0.25, 0.3) is 0 Å². The third-order valence-corrected chi connectivity index (χ3v) is 6.11. The van der Waals surface area contributed by atoms with Gasteiger partial charge in [0.15, 0.2) is 15.4 Å². The smallest absolute Gasteiger partial charge is 0.419 e. The number of aromatic nitrogens is 1. The molecule has 0 saturated heterocycles. The maximum absolute atomic E-state index is 12.5. The Hall–Kier alpha value is -2.78. The summed E-state index contributed by atoms with van der Waals surface area (Å²) >= 11 is 5.91. The lowest BCUT2D eigenvalue weighted by molar-refractivity contribution is -0.115. The Balaban J connectivity index is 1.74. The highest BCUT2D eigenvalue weighted by Gasteiger charge is 2.19. The highest BCUT2D eigenvalue weighted by Crippen LogP contribution is 2.28. The zero-order chi connectivity index (χ0) is 20.5. The first-order chi connectivity index (χ1) is 13.2. The van der Waals surface area contributed by atoms with Gasteiger partial charge in [-0.3, -0.25) is 9.36 Å². The molecule has 2 aromatic carbocycles. The predicted molar refractivity (Wildman–Crippen MR) is 105 cm³/mol. The number of hydrogen-bond donors (Lipinski definition) is 1. The van der Waals surface area contributed by atoms with Crippen LogP contribution in [-0.2, 0) is 21.7 Å². The van der Waals surface area contributed by atoms with Crippen molar-refractivity contribution in [1.82, 2.24) is 4.57 Å². The van der Waals surface area contributed by atoms with Crippen LogP contribution in [0.2, 0.25) is 5.02 Å². The summed E-state index contributed by atoms with van der Waals surface area (Å²) in [5.74, 6) is -1.09. The molecular formula is C18H17ClN2O6S. The zero-order valence-corrected chi connectivity index (χ0v) is 16.6. The van der Waals surface area contributed by atoms with Gasteiger partial charge in [0.05, 0.1) is 29.0 Å². The Morgan fingerprint density at radius 3 is 2.71 bits per heavy atom. The molecule has 0 saturated carbocycles. The quantitative estimate of drug-likeness (QED) is 0.651. The van der Waals surface area contributed by atoms with Gasteiger partial charge < -0.3 is 14.5 Å². The number of anilines is 1. The number of oxazole rings is 1. The molecule has 0 unspecified atom stereocenters. The summed E-state index contributed by atoms with van der Waals surface area (Å²) in [6, 6.07) is 8.87. The largest absolute Gasteiger partial charge is 0.495 e. The molecule has 0 atom stereocenters. The number of sulfone groups is 1. The van der Waals surface area contributed by atoms with Crippen molar-refractivity contribution >= 4 is 44.1 Å². The molecule has 0 fully saturated rings. The number of carbonyl (C=O) groups excluding carboxylic acids is 1. The maximum atomic E-state index is 12.5. The molecule has 0 aliphatic carbocycles. The molecule has 28 heavy (non-hydrogen) atoms. The molecular weight excluding hydrogens is 408 g/mol. The number of methoxy groups -OCH3 is 1. The van der Waals surface area contributed by atoms with E-state index in [4.69, 9.17) is 20.8 Å². The van der Waals surface area contributed by atoms with E-state index in [2.05, 4.69) is 5.32 Å². The first kappa shape index (κ1) is 20.0. The molecule has 0 aliphatic rings. The Morgan fingerprint density at radius 1 is 1.25 bits per heavy atom. The van der Waals surface area contributed by atoms with Gasteiger partial charge in [0.1, 0.15) is 5.75 Å². The number of amides is 1. The van der Waals surface area contributed by atoms with E-state index in [9.17, 15) is 18.0 Å². The number of carbonyl (C=O) groups is 1. The lowest BCUT2D eigenvalue weighted by atomic mass is 10.3. The van der Waals surface area contributed by atoms with Crippen molar-refractivity contribution in [1.29, 1.82) is 0 Å². The van der Waals surface area contributed by atoms with Crippen LogP contribution in [0.3, 0.4) is 0 Å². The molecule has 3 rings (SSSR count). The lowest BCUT2D eigenvalue weighted by Crippen LogP contribution is -2.17. The normalized spacial score (nSPS) is 11.5. The Kier molecular flexibility index (Phi) is 5.48. The molecule has 0 radical (unpaired) electrons. The Labute approximate surface area is 165 Å². The van der Waals surface area contributed by atoms with E-state index in [0.29, 0.717) is 22.0 Å². The number of ether oxygens (including phenoxy) is 1. The zero-order valence-electron chi connectivity index (χ0n) is 15.1. The SMILES string of the molecule is COc1ccc(Cl)cc1NC(=O)CCS(=O)(=O)c1ccc2c(c1)oc(=O)n2C. The van der Waals surface area contributed by atoms with Crippen molar-refractivity contribution in [3.05, 3.63) is 52.0 Å². The first-order valence-corrected chi connectivity index (χ1v) is 10.2. The molecule has 0 bridgehead atoms. The molecule has 3 aromatic rings. The van der Waals surface area contributed by atoms with E-state index < -0.39 is 27.3 Å². The van der Waals surface area contributed by atoms with Crippen molar-refractivity contribution in [3.8, 4) is 5.75 Å². The van der Waals surface area contributed by atoms with E-state index in [-0.39, 0.29) is 16.9 Å². The average Bonchev–Trinajstić information content (AvgIpc) is 2.94. The van der Waals surface area contributed by atoms with Crippen LogP contribution in [0.5, 0.6) is 5.75 Å². The fraction of sp³-hybridized carbons (Fsp3) is 0.222. The van der Waals surface area contributed by atoms with Gasteiger partial charge in [-0.1, -0.05) is 11.6 Å². The molecule has 1 amide bonds. The summed E-state index contributed by atoms with van der Waals surface area (Å²) in [6.07, 6.45) is -0.269. The number of nitrogens with one attached hydrogen (secondary N) is 1. The van der Waals surface area contributed by atoms with Gasteiger partial charge in [0, 0.05) is 24.6 Å². The fourth-order valence-corrected chi connectivity index (χ4v) is 4.07. The topological polar surface area (TPSA) is 108 Å². The number of hydrogen-bond acceptors (Lipinski definition) is 6. The third kappa shape index (κ3) is 4.05. The van der Waals surface area contributed by atoms with Crippen LogP contribution in [0.4, 0.5) is 5.69 Å². The molecule has 1 heterocycles. The molecule has 0 aliphatic heterocycles. The number of rotatable bonds is 6. The lowest BCUT2D eigenvalue weighted by Gasteiger charge is -2.10. The minimum atomic E-state index is -3.76. The summed E-state index contributed by atoms with van der Waals surface area (Å²) in [7, 11) is -0.786. The maximum Gasteiger partial charge on any atom is 0.419 e. The van der Waals surface area contributed by atoms with E-state index in [1.54, 1.807) is 12.1 Å². The number of benzene rings is 2. The molecule has 1 N–H and O–H groups in total. The highest BCUT2D eigenvalue weighted by molar-refractivity contribution is 7.91. The van der Waals surface area contributed by atoms with E-state index in [1.807, 2.05) is 0 Å². The van der Waals surface area contributed by atoms with Crippen LogP contribution in [0.25, 0.3) is 11.1 Å². The number of aryl methyl sites for hydroxylation is 1. The average molecular weight is 425 g/mol. The van der Waals surface area contributed by atoms with Crippen molar-refractivity contribution < 1.29 is 22.4 Å². The number of nitrogens with zero attached hydrogens (tertiary/aromatic N) is 1. The Morgan fingerprint density at radius 2 is 2.00 bits per heavy atom. The van der Waals surface area contributed by atoms with Gasteiger partial charge in [-0.2, -0.15) is 0 Å². The number of halogens is 1. The predicted octanol–water partition coefficient (Wildman–Crippen LogP) is 2.60. The van der Waals surface area contributed by atoms with Crippen LogP contribution in [0, 0.1) is 0 Å². The van der Waals surface area contributed by atoms with Gasteiger partial charge in [-0.05, 0) is 30.3 Å². The molecule has 8 nitrogen and oxygen atoms in total. The van der Waals surface area contributed by atoms with Crippen LogP contribution >= 0.6 is 11.6 Å². The van der Waals surface area contributed by atoms with Crippen LogP contribution < -0.4 is 15.8 Å². The minimum Gasteiger partial charge on any atom is -0.495 e. The molecule has 1 aromatic heterocycles. The summed E-state index contributed by atoms with van der Waals surface area (Å²) in [5, 5.41) is 2.99. The molecule has 10 heteroatoms. The Bertz CT molecular complexity index is 1210. The minimum absolute atomic E-state index is 0.0255. The highest BCUT2D eigenvalue weighted by atomic mass is 35.5. The van der Waals surface area contributed by atoms with Crippen LogP contribution in [0.1, 0.15) is 6.42 Å². The van der Waals surface area contributed by atoms with Crippen molar-refractivity contribution in [2.24, 2.45) is 7.05 Å². The second-order valence-electron chi connectivity index (χ2n) is 6.02. The summed E-state index contributed by atoms with van der Waals surface area (Å²) < 4.78 is 36.5. The van der Waals surface area contributed by atoms with Gasteiger partial charge >= 0.3 is 5.76 Å². The summed E-state index contributed by atoms with van der Waals surface area (Å²) in [5.41, 5.74) is 1.00. The van der Waals surface area contributed by atoms with Crippen LogP contribution in [-0.4, -0.2) is 31.8 Å². The second-order valence-corrected chi connectivity index (χ2v) is 8.56. The van der Waals surface area contributed by atoms with Crippen LogP contribution in [0.15, 0.2) is 50.5 Å². The number of fused-ring (bicyclic) bond motifs is 1. The van der Waals surface area contributed by atoms with Gasteiger partial charge in [-0.25, -0.2) is 13.2 Å². The van der Waals surface area contributed by atoms with Crippen molar-refractivity contribution in [2.45, 2.75) is 11.3 Å². The molecule has 148 valence electrons. The summed E-state index contributed by atoms with van der Waals surface area (Å²) in [6.45, 7) is 0. The van der Waals surface area contributed by atoms with Gasteiger partial charge in [0.2, 0.25) is 5.91 Å². The standard InChI is InChI=1S/C18H17ClN2O6S/c1-21-14-5-4-12(10-16(14)27-18(21)23)28(24,25)8-7-17(22)20-13-9-11(19)3-6-15(13)26-2/h3-6,9-10H,7-8H2,1-2H3,(H,20,22). The third-order valence-electron chi connectivity index (χ3n) is 4.16. The van der Waals surface area contributed by atoms with Gasteiger partial charge in [-0.15, -0.1) is 0 Å². The monoisotopic (exact) mass is 424 g/mol. The fourth-order valence-electron chi connectivity index (χ4n) is 2.64. The van der Waals surface area contributed by atoms with E-state index >= 15 is 0 Å². The summed E-state index contributed by atoms with van der Waals surface area (Å²) in [4.78, 5) is 23.7. The first-order valence-electron chi connectivity index (χ1n) is 8.17. The second kappa shape index (κ2) is 7.69. The van der Waals surface area contributed by atoms with Crippen molar-refractivity contribution in [3.63, 3.8) is 0 Å². The van der Waals surface area contributed by atoms with E-state index in [0.717, 1.165) is 0 Å². The molecule has 0 spiro atoms.